The Morgan fingerprint density at radius 1 is 1.32 bits per heavy atom. The maximum absolute atomic E-state index is 5.55. The molecule has 0 aliphatic carbocycles. The lowest BCUT2D eigenvalue weighted by atomic mass is 10.0. The second-order valence-electron chi connectivity index (χ2n) is 5.31. The lowest BCUT2D eigenvalue weighted by Crippen LogP contribution is -2.22. The molecule has 0 amide bonds. The van der Waals surface area contributed by atoms with E-state index in [1.54, 1.807) is 14.2 Å². The van der Waals surface area contributed by atoms with Crippen molar-refractivity contribution in [1.29, 1.82) is 0 Å². The number of aromatic nitrogens is 2. The average molecular weight is 319 g/mol. The number of nitrogens with zero attached hydrogens (tertiary/aromatic N) is 3. The fourth-order valence-electron chi connectivity index (χ4n) is 2.92. The summed E-state index contributed by atoms with van der Waals surface area (Å²) in [7, 11) is 3.40. The number of hydrogen-bond acceptors (Lipinski definition) is 6. The summed E-state index contributed by atoms with van der Waals surface area (Å²) in [5.74, 6) is 2.68. The van der Waals surface area contributed by atoms with Crippen molar-refractivity contribution in [3.8, 4) is 11.5 Å². The molecule has 5 nitrogen and oxygen atoms in total. The lowest BCUT2D eigenvalue weighted by Gasteiger charge is -2.25. The highest BCUT2D eigenvalue weighted by molar-refractivity contribution is 7.09. The van der Waals surface area contributed by atoms with E-state index in [1.807, 2.05) is 12.1 Å². The van der Waals surface area contributed by atoms with Gasteiger partial charge in [-0.05, 0) is 31.0 Å². The van der Waals surface area contributed by atoms with Crippen LogP contribution in [0, 0.1) is 0 Å². The highest BCUT2D eigenvalue weighted by Gasteiger charge is 2.31. The zero-order chi connectivity index (χ0) is 15.5. The number of rotatable bonds is 5. The SMILES string of the molecule is CCc1nsc(N2CCCC2c2cc(OC)ccc2OC)n1. The van der Waals surface area contributed by atoms with E-state index in [0.717, 1.165) is 53.8 Å². The van der Waals surface area contributed by atoms with Crippen LogP contribution in [0.5, 0.6) is 11.5 Å². The Bertz CT molecular complexity index is 644. The number of ether oxygens (including phenoxy) is 2. The fourth-order valence-corrected chi connectivity index (χ4v) is 3.75. The molecule has 1 saturated heterocycles. The van der Waals surface area contributed by atoms with Crippen LogP contribution in [0.3, 0.4) is 0 Å². The summed E-state index contributed by atoms with van der Waals surface area (Å²) in [6.45, 7) is 3.09. The molecule has 0 bridgehead atoms. The van der Waals surface area contributed by atoms with Crippen LogP contribution in [0.15, 0.2) is 18.2 Å². The van der Waals surface area contributed by atoms with Crippen molar-refractivity contribution in [2.75, 3.05) is 25.7 Å². The minimum atomic E-state index is 0.266. The number of anilines is 1. The molecule has 2 heterocycles. The highest BCUT2D eigenvalue weighted by Crippen LogP contribution is 2.41. The minimum absolute atomic E-state index is 0.266. The van der Waals surface area contributed by atoms with Gasteiger partial charge in [0, 0.05) is 30.1 Å². The zero-order valence-electron chi connectivity index (χ0n) is 13.2. The third-order valence-corrected chi connectivity index (χ3v) is 4.86. The average Bonchev–Trinajstić information content (AvgIpc) is 3.22. The Morgan fingerprint density at radius 3 is 2.86 bits per heavy atom. The third kappa shape index (κ3) is 2.75. The quantitative estimate of drug-likeness (QED) is 0.844. The van der Waals surface area contributed by atoms with Gasteiger partial charge >= 0.3 is 0 Å². The Kier molecular flexibility index (Phi) is 4.47. The lowest BCUT2D eigenvalue weighted by molar-refractivity contribution is 0.395. The monoisotopic (exact) mass is 319 g/mol. The molecule has 1 aliphatic heterocycles. The Hall–Kier alpha value is -1.82. The van der Waals surface area contributed by atoms with Gasteiger partial charge in [-0.3, -0.25) is 0 Å². The number of benzene rings is 1. The van der Waals surface area contributed by atoms with E-state index in [2.05, 4.69) is 27.2 Å². The summed E-state index contributed by atoms with van der Waals surface area (Å²) in [5, 5.41) is 1.00. The van der Waals surface area contributed by atoms with E-state index in [-0.39, 0.29) is 6.04 Å². The van der Waals surface area contributed by atoms with Gasteiger partial charge < -0.3 is 14.4 Å². The molecule has 1 aromatic heterocycles. The van der Waals surface area contributed by atoms with Gasteiger partial charge in [0.25, 0.3) is 0 Å². The Balaban J connectivity index is 1.95. The zero-order valence-corrected chi connectivity index (χ0v) is 14.0. The predicted molar refractivity (Wildman–Crippen MR) is 88.2 cm³/mol. The summed E-state index contributed by atoms with van der Waals surface area (Å²) < 4.78 is 15.3. The van der Waals surface area contributed by atoms with Crippen LogP contribution in [0.25, 0.3) is 0 Å². The van der Waals surface area contributed by atoms with Crippen molar-refractivity contribution >= 4 is 16.7 Å². The first-order chi connectivity index (χ1) is 10.8. The first kappa shape index (κ1) is 15.1. The molecule has 0 radical (unpaired) electrons. The summed E-state index contributed by atoms with van der Waals surface area (Å²) >= 11 is 1.49. The second kappa shape index (κ2) is 6.52. The van der Waals surface area contributed by atoms with Crippen LogP contribution in [-0.2, 0) is 6.42 Å². The maximum atomic E-state index is 5.55. The van der Waals surface area contributed by atoms with Gasteiger partial charge in [0.2, 0.25) is 5.13 Å². The summed E-state index contributed by atoms with van der Waals surface area (Å²) in [6, 6.07) is 6.25. The normalized spacial score (nSPS) is 17.8. The molecule has 0 saturated carbocycles. The van der Waals surface area contributed by atoms with Gasteiger partial charge in [-0.25, -0.2) is 4.98 Å². The van der Waals surface area contributed by atoms with E-state index in [1.165, 1.54) is 11.5 Å². The maximum Gasteiger partial charge on any atom is 0.205 e. The van der Waals surface area contributed by atoms with E-state index >= 15 is 0 Å². The van der Waals surface area contributed by atoms with Crippen LogP contribution >= 0.6 is 11.5 Å². The first-order valence-electron chi connectivity index (χ1n) is 7.58. The van der Waals surface area contributed by atoms with E-state index in [4.69, 9.17) is 9.47 Å². The molecule has 1 atom stereocenters. The standard InChI is InChI=1S/C16H21N3O2S/c1-4-15-17-16(22-18-15)19-9-5-6-13(19)12-10-11(20-2)7-8-14(12)21-3/h7-8,10,13H,4-6,9H2,1-3H3. The van der Waals surface area contributed by atoms with Crippen LogP contribution in [0.1, 0.15) is 37.2 Å². The van der Waals surface area contributed by atoms with Crippen molar-refractivity contribution in [3.05, 3.63) is 29.6 Å². The summed E-state index contributed by atoms with van der Waals surface area (Å²) in [5.41, 5.74) is 1.16. The molecule has 118 valence electrons. The molecule has 1 unspecified atom stereocenters. The molecule has 2 aromatic rings. The van der Waals surface area contributed by atoms with Crippen LogP contribution < -0.4 is 14.4 Å². The van der Waals surface area contributed by atoms with Crippen molar-refractivity contribution in [2.24, 2.45) is 0 Å². The fraction of sp³-hybridized carbons (Fsp3) is 0.500. The Morgan fingerprint density at radius 2 is 2.18 bits per heavy atom. The van der Waals surface area contributed by atoms with Gasteiger partial charge in [-0.15, -0.1) is 0 Å². The van der Waals surface area contributed by atoms with Crippen molar-refractivity contribution in [3.63, 3.8) is 0 Å². The van der Waals surface area contributed by atoms with E-state index in [0.29, 0.717) is 0 Å². The highest BCUT2D eigenvalue weighted by atomic mass is 32.1. The minimum Gasteiger partial charge on any atom is -0.497 e. The molecule has 1 aliphatic rings. The van der Waals surface area contributed by atoms with Crippen LogP contribution in [-0.4, -0.2) is 30.1 Å². The number of hydrogen-bond donors (Lipinski definition) is 0. The molecule has 1 fully saturated rings. The second-order valence-corrected chi connectivity index (χ2v) is 6.04. The van der Waals surface area contributed by atoms with E-state index < -0.39 is 0 Å². The predicted octanol–water partition coefficient (Wildman–Crippen LogP) is 3.46. The summed E-state index contributed by atoms with van der Waals surface area (Å²) in [4.78, 5) is 6.99. The molecule has 1 aromatic carbocycles. The van der Waals surface area contributed by atoms with Gasteiger partial charge in [0.05, 0.1) is 20.3 Å². The topological polar surface area (TPSA) is 47.5 Å². The van der Waals surface area contributed by atoms with Gasteiger partial charge in [0.15, 0.2) is 0 Å². The molecule has 0 N–H and O–H groups in total. The number of methoxy groups -OCH3 is 2. The smallest absolute Gasteiger partial charge is 0.205 e. The van der Waals surface area contributed by atoms with Gasteiger partial charge in [0.1, 0.15) is 17.3 Å². The van der Waals surface area contributed by atoms with Gasteiger partial charge in [-0.2, -0.15) is 4.37 Å². The van der Waals surface area contributed by atoms with Crippen LogP contribution in [0.4, 0.5) is 5.13 Å². The van der Waals surface area contributed by atoms with Crippen LogP contribution in [0.2, 0.25) is 0 Å². The van der Waals surface area contributed by atoms with Crippen molar-refractivity contribution in [1.82, 2.24) is 9.36 Å². The molecule has 3 rings (SSSR count). The number of aryl methyl sites for hydroxylation is 1. The van der Waals surface area contributed by atoms with Gasteiger partial charge in [-0.1, -0.05) is 6.92 Å². The third-order valence-electron chi connectivity index (χ3n) is 4.07. The van der Waals surface area contributed by atoms with Crippen molar-refractivity contribution < 1.29 is 9.47 Å². The molecule has 22 heavy (non-hydrogen) atoms. The molecular weight excluding hydrogens is 298 g/mol. The molecule has 0 spiro atoms. The molecule has 6 heteroatoms. The van der Waals surface area contributed by atoms with E-state index in [9.17, 15) is 0 Å². The molecular formula is C16H21N3O2S. The largest absolute Gasteiger partial charge is 0.497 e. The Labute approximate surface area is 135 Å². The first-order valence-corrected chi connectivity index (χ1v) is 8.35. The van der Waals surface area contributed by atoms with Crippen molar-refractivity contribution in [2.45, 2.75) is 32.2 Å². The summed E-state index contributed by atoms with van der Waals surface area (Å²) in [6.07, 6.45) is 3.11.